The molecule has 0 saturated heterocycles. The van der Waals surface area contributed by atoms with Gasteiger partial charge in [-0.25, -0.2) is 0 Å². The van der Waals surface area contributed by atoms with Crippen molar-refractivity contribution in [2.24, 2.45) is 17.6 Å². The van der Waals surface area contributed by atoms with Gasteiger partial charge in [0.15, 0.2) is 5.82 Å². The zero-order valence-corrected chi connectivity index (χ0v) is 13.2. The van der Waals surface area contributed by atoms with E-state index >= 15 is 0 Å². The molecule has 0 bridgehead atoms. The molecule has 0 fully saturated rings. The van der Waals surface area contributed by atoms with Crippen LogP contribution in [0.1, 0.15) is 43.1 Å². The second kappa shape index (κ2) is 7.36. The first-order valence-electron chi connectivity index (χ1n) is 7.64. The van der Waals surface area contributed by atoms with Crippen LogP contribution in [-0.2, 0) is 12.8 Å². The minimum Gasteiger partial charge on any atom is -0.339 e. The summed E-state index contributed by atoms with van der Waals surface area (Å²) in [5.41, 5.74) is 8.28. The number of hydrogen-bond donors (Lipinski definition) is 1. The van der Waals surface area contributed by atoms with Crippen molar-refractivity contribution in [1.29, 1.82) is 0 Å². The summed E-state index contributed by atoms with van der Waals surface area (Å²) in [6, 6.07) is 8.41. The van der Waals surface area contributed by atoms with Gasteiger partial charge < -0.3 is 10.3 Å². The Kier molecular flexibility index (Phi) is 5.51. The maximum Gasteiger partial charge on any atom is 0.226 e. The summed E-state index contributed by atoms with van der Waals surface area (Å²) in [6.45, 7) is 7.16. The molecule has 0 aliphatic carbocycles. The summed E-state index contributed by atoms with van der Waals surface area (Å²) < 4.78 is 5.36. The van der Waals surface area contributed by atoms with Crippen LogP contribution in [0, 0.1) is 18.8 Å². The molecule has 114 valence electrons. The third kappa shape index (κ3) is 4.97. The Bertz CT molecular complexity index is 545. The normalized spacial score (nSPS) is 12.8. The predicted molar refractivity (Wildman–Crippen MR) is 84.0 cm³/mol. The van der Waals surface area contributed by atoms with Gasteiger partial charge in [0.25, 0.3) is 0 Å². The van der Waals surface area contributed by atoms with Crippen molar-refractivity contribution in [3.05, 3.63) is 47.1 Å². The van der Waals surface area contributed by atoms with E-state index in [1.54, 1.807) is 0 Å². The van der Waals surface area contributed by atoms with Crippen LogP contribution in [0.4, 0.5) is 0 Å². The largest absolute Gasteiger partial charge is 0.339 e. The van der Waals surface area contributed by atoms with E-state index in [0.29, 0.717) is 30.7 Å². The Hall–Kier alpha value is -1.68. The molecule has 0 radical (unpaired) electrons. The summed E-state index contributed by atoms with van der Waals surface area (Å²) in [5, 5.41) is 4.07. The highest BCUT2D eigenvalue weighted by atomic mass is 16.5. The van der Waals surface area contributed by atoms with Crippen LogP contribution in [0.2, 0.25) is 0 Å². The van der Waals surface area contributed by atoms with Crippen LogP contribution in [-0.4, -0.2) is 16.7 Å². The number of aryl methyl sites for hydroxylation is 1. The molecule has 0 aliphatic heterocycles. The van der Waals surface area contributed by atoms with Gasteiger partial charge in [-0.3, -0.25) is 0 Å². The molecule has 2 aromatic rings. The van der Waals surface area contributed by atoms with E-state index in [1.807, 2.05) is 0 Å². The predicted octanol–water partition coefficient (Wildman–Crippen LogP) is 3.13. The van der Waals surface area contributed by atoms with Crippen molar-refractivity contribution in [2.45, 2.75) is 40.0 Å². The lowest BCUT2D eigenvalue weighted by atomic mass is 9.94. The molecule has 4 heteroatoms. The minimum absolute atomic E-state index is 0.415. The number of aromatic nitrogens is 2. The van der Waals surface area contributed by atoms with E-state index in [4.69, 9.17) is 10.3 Å². The van der Waals surface area contributed by atoms with Gasteiger partial charge in [0.05, 0.1) is 0 Å². The van der Waals surface area contributed by atoms with Gasteiger partial charge in [-0.1, -0.05) is 48.8 Å². The van der Waals surface area contributed by atoms with E-state index in [-0.39, 0.29) is 0 Å². The maximum atomic E-state index is 5.82. The Morgan fingerprint density at radius 1 is 1.19 bits per heavy atom. The zero-order chi connectivity index (χ0) is 15.2. The van der Waals surface area contributed by atoms with E-state index in [2.05, 4.69) is 55.2 Å². The third-order valence-corrected chi connectivity index (χ3v) is 3.59. The summed E-state index contributed by atoms with van der Waals surface area (Å²) in [5.74, 6) is 2.49. The molecular weight excluding hydrogens is 262 g/mol. The van der Waals surface area contributed by atoms with E-state index in [0.717, 1.165) is 18.7 Å². The molecule has 21 heavy (non-hydrogen) atoms. The third-order valence-electron chi connectivity index (χ3n) is 3.59. The Morgan fingerprint density at radius 2 is 1.90 bits per heavy atom. The first-order valence-corrected chi connectivity index (χ1v) is 7.64. The second-order valence-electron chi connectivity index (χ2n) is 6.20. The molecule has 1 atom stereocenters. The summed E-state index contributed by atoms with van der Waals surface area (Å²) in [7, 11) is 0. The smallest absolute Gasteiger partial charge is 0.226 e. The van der Waals surface area contributed by atoms with Crippen LogP contribution in [0.25, 0.3) is 0 Å². The van der Waals surface area contributed by atoms with Gasteiger partial charge in [-0.15, -0.1) is 0 Å². The van der Waals surface area contributed by atoms with Gasteiger partial charge in [0.1, 0.15) is 0 Å². The van der Waals surface area contributed by atoms with E-state index in [9.17, 15) is 0 Å². The van der Waals surface area contributed by atoms with Crippen molar-refractivity contribution in [3.63, 3.8) is 0 Å². The Labute approximate surface area is 126 Å². The quantitative estimate of drug-likeness (QED) is 0.849. The number of nitrogens with zero attached hydrogens (tertiary/aromatic N) is 2. The lowest BCUT2D eigenvalue weighted by Gasteiger charge is -2.14. The topological polar surface area (TPSA) is 64.9 Å². The SMILES string of the molecule is Cc1ccc(Cc2noc(CC(CN)CC(C)C)n2)cc1. The van der Waals surface area contributed by atoms with Crippen molar-refractivity contribution < 1.29 is 4.52 Å². The van der Waals surface area contributed by atoms with E-state index in [1.165, 1.54) is 11.1 Å². The van der Waals surface area contributed by atoms with Crippen LogP contribution in [0.3, 0.4) is 0 Å². The fraction of sp³-hybridized carbons (Fsp3) is 0.529. The highest BCUT2D eigenvalue weighted by Crippen LogP contribution is 2.16. The van der Waals surface area contributed by atoms with Crippen molar-refractivity contribution in [2.75, 3.05) is 6.54 Å². The second-order valence-corrected chi connectivity index (χ2v) is 6.20. The van der Waals surface area contributed by atoms with Gasteiger partial charge >= 0.3 is 0 Å². The number of hydrogen-bond acceptors (Lipinski definition) is 4. The van der Waals surface area contributed by atoms with Crippen LogP contribution >= 0.6 is 0 Å². The van der Waals surface area contributed by atoms with Crippen molar-refractivity contribution in [3.8, 4) is 0 Å². The zero-order valence-electron chi connectivity index (χ0n) is 13.2. The van der Waals surface area contributed by atoms with Crippen LogP contribution < -0.4 is 5.73 Å². The van der Waals surface area contributed by atoms with Gasteiger partial charge in [0, 0.05) is 12.8 Å². The number of benzene rings is 1. The molecule has 2 N–H and O–H groups in total. The maximum absolute atomic E-state index is 5.82. The molecule has 0 saturated carbocycles. The fourth-order valence-electron chi connectivity index (χ4n) is 2.51. The standard InChI is InChI=1S/C17H25N3O/c1-12(2)8-15(11-18)10-17-19-16(20-21-17)9-14-6-4-13(3)5-7-14/h4-7,12,15H,8-11,18H2,1-3H3. The first-order chi connectivity index (χ1) is 10.1. The molecule has 0 amide bonds. The molecule has 1 heterocycles. The highest BCUT2D eigenvalue weighted by Gasteiger charge is 2.15. The first kappa shape index (κ1) is 15.7. The van der Waals surface area contributed by atoms with Gasteiger partial charge in [-0.05, 0) is 37.3 Å². The van der Waals surface area contributed by atoms with Gasteiger partial charge in [-0.2, -0.15) is 4.98 Å². The fourth-order valence-corrected chi connectivity index (χ4v) is 2.51. The lowest BCUT2D eigenvalue weighted by Crippen LogP contribution is -2.19. The molecule has 0 spiro atoms. The van der Waals surface area contributed by atoms with Crippen molar-refractivity contribution >= 4 is 0 Å². The van der Waals surface area contributed by atoms with Crippen LogP contribution in [0.5, 0.6) is 0 Å². The average Bonchev–Trinajstić information content (AvgIpc) is 2.87. The number of nitrogens with two attached hydrogens (primary N) is 1. The summed E-state index contributed by atoms with van der Waals surface area (Å²) >= 11 is 0. The van der Waals surface area contributed by atoms with E-state index < -0.39 is 0 Å². The molecule has 1 aromatic carbocycles. The summed E-state index contributed by atoms with van der Waals surface area (Å²) in [6.07, 6.45) is 2.57. The molecule has 0 aliphatic rings. The van der Waals surface area contributed by atoms with Gasteiger partial charge in [0.2, 0.25) is 5.89 Å². The minimum atomic E-state index is 0.415. The average molecular weight is 287 g/mol. The Balaban J connectivity index is 1.95. The Morgan fingerprint density at radius 3 is 2.52 bits per heavy atom. The molecular formula is C17H25N3O. The summed E-state index contributed by atoms with van der Waals surface area (Å²) in [4.78, 5) is 4.49. The molecule has 2 rings (SSSR count). The molecule has 1 aromatic heterocycles. The van der Waals surface area contributed by atoms with Crippen LogP contribution in [0.15, 0.2) is 28.8 Å². The monoisotopic (exact) mass is 287 g/mol. The molecule has 1 unspecified atom stereocenters. The molecule has 4 nitrogen and oxygen atoms in total. The highest BCUT2D eigenvalue weighted by molar-refractivity contribution is 5.23. The number of rotatable bonds is 7. The lowest BCUT2D eigenvalue weighted by molar-refractivity contribution is 0.329. The van der Waals surface area contributed by atoms with Crippen molar-refractivity contribution in [1.82, 2.24) is 10.1 Å².